The van der Waals surface area contributed by atoms with Gasteiger partial charge in [0, 0.05) is 44.0 Å². The molecule has 0 atom stereocenters. The zero-order valence-corrected chi connectivity index (χ0v) is 12.3. The van der Waals surface area contributed by atoms with Gasteiger partial charge in [-0.25, -0.2) is 0 Å². The largest absolute Gasteiger partial charge is 0.339 e. The molecule has 2 heterocycles. The van der Waals surface area contributed by atoms with Crippen LogP contribution in [-0.4, -0.2) is 41.1 Å². The highest BCUT2D eigenvalue weighted by Crippen LogP contribution is 2.13. The van der Waals surface area contributed by atoms with Crippen LogP contribution in [0.25, 0.3) is 0 Å². The average Bonchev–Trinajstić information content (AvgIpc) is 2.48. The van der Waals surface area contributed by atoms with Crippen LogP contribution in [0.5, 0.6) is 0 Å². The maximum atomic E-state index is 12.3. The van der Waals surface area contributed by atoms with Gasteiger partial charge in [0.15, 0.2) is 0 Å². The number of carbonyl (C=O) groups is 1. The van der Waals surface area contributed by atoms with E-state index in [-0.39, 0.29) is 11.5 Å². The van der Waals surface area contributed by atoms with Gasteiger partial charge in [-0.05, 0) is 31.9 Å². The number of carbonyl (C=O) groups excluding carboxylic acids is 1. The van der Waals surface area contributed by atoms with Crippen molar-refractivity contribution < 1.29 is 4.79 Å². The van der Waals surface area contributed by atoms with E-state index in [0.717, 1.165) is 38.9 Å². The predicted molar refractivity (Wildman–Crippen MR) is 78.9 cm³/mol. The Labute approximate surface area is 119 Å². The zero-order valence-electron chi connectivity index (χ0n) is 12.3. The third kappa shape index (κ3) is 3.48. The van der Waals surface area contributed by atoms with Gasteiger partial charge in [0.2, 0.25) is 0 Å². The Morgan fingerprint density at radius 3 is 2.70 bits per heavy atom. The first-order chi connectivity index (χ1) is 9.61. The molecule has 5 heteroatoms. The molecule has 1 fully saturated rings. The van der Waals surface area contributed by atoms with E-state index in [4.69, 9.17) is 0 Å². The summed E-state index contributed by atoms with van der Waals surface area (Å²) in [4.78, 5) is 25.8. The van der Waals surface area contributed by atoms with E-state index in [1.807, 2.05) is 4.90 Å². The molecular weight excluding hydrogens is 254 g/mol. The molecule has 110 valence electrons. The summed E-state index contributed by atoms with van der Waals surface area (Å²) in [7, 11) is 1.68. The Bertz CT molecular complexity index is 516. The molecule has 20 heavy (non-hydrogen) atoms. The minimum Gasteiger partial charge on any atom is -0.339 e. The number of nitrogens with one attached hydrogen (secondary N) is 1. The molecular formula is C15H23N3O2. The fourth-order valence-electron chi connectivity index (χ4n) is 2.50. The lowest BCUT2D eigenvalue weighted by atomic mass is 10.0. The third-order valence-electron chi connectivity index (χ3n) is 3.82. The van der Waals surface area contributed by atoms with Crippen LogP contribution in [-0.2, 0) is 7.05 Å². The number of hydrogen-bond donors (Lipinski definition) is 1. The molecule has 0 bridgehead atoms. The van der Waals surface area contributed by atoms with Crippen molar-refractivity contribution in [2.24, 2.45) is 7.05 Å². The van der Waals surface area contributed by atoms with E-state index in [0.29, 0.717) is 11.6 Å². The van der Waals surface area contributed by atoms with Gasteiger partial charge in [-0.3, -0.25) is 9.59 Å². The smallest absolute Gasteiger partial charge is 0.254 e. The molecule has 5 nitrogen and oxygen atoms in total. The molecule has 0 aromatic carbocycles. The van der Waals surface area contributed by atoms with Crippen molar-refractivity contribution in [2.45, 2.75) is 32.2 Å². The Hall–Kier alpha value is -1.62. The Morgan fingerprint density at radius 2 is 2.10 bits per heavy atom. The van der Waals surface area contributed by atoms with Gasteiger partial charge in [0.1, 0.15) is 0 Å². The molecule has 0 aliphatic carbocycles. The molecule has 2 rings (SSSR count). The minimum atomic E-state index is -0.143. The highest BCUT2D eigenvalue weighted by atomic mass is 16.2. The normalized spacial score (nSPS) is 16.4. The number of amides is 1. The van der Waals surface area contributed by atoms with Gasteiger partial charge >= 0.3 is 0 Å². The van der Waals surface area contributed by atoms with Gasteiger partial charge in [-0.1, -0.05) is 6.92 Å². The third-order valence-corrected chi connectivity index (χ3v) is 3.82. The van der Waals surface area contributed by atoms with Crippen molar-refractivity contribution in [3.8, 4) is 0 Å². The molecule has 0 spiro atoms. The molecule has 1 aromatic heterocycles. The van der Waals surface area contributed by atoms with E-state index < -0.39 is 0 Å². The molecule has 1 amide bonds. The van der Waals surface area contributed by atoms with Crippen LogP contribution >= 0.6 is 0 Å². The second-order valence-corrected chi connectivity index (χ2v) is 5.39. The summed E-state index contributed by atoms with van der Waals surface area (Å²) in [6, 6.07) is 3.65. The summed E-state index contributed by atoms with van der Waals surface area (Å²) in [5.41, 5.74) is 0.350. The predicted octanol–water partition coefficient (Wildman–Crippen LogP) is 0.990. The molecule has 0 unspecified atom stereocenters. The highest BCUT2D eigenvalue weighted by molar-refractivity contribution is 5.94. The molecule has 1 aromatic rings. The van der Waals surface area contributed by atoms with E-state index >= 15 is 0 Å². The number of hydrogen-bond acceptors (Lipinski definition) is 3. The van der Waals surface area contributed by atoms with Crippen LogP contribution in [0, 0.1) is 0 Å². The molecule has 1 aliphatic rings. The second kappa shape index (κ2) is 6.70. The second-order valence-electron chi connectivity index (χ2n) is 5.39. The monoisotopic (exact) mass is 277 g/mol. The number of pyridine rings is 1. The van der Waals surface area contributed by atoms with E-state index in [1.54, 1.807) is 19.3 Å². The van der Waals surface area contributed by atoms with Crippen LogP contribution in [0.15, 0.2) is 23.1 Å². The van der Waals surface area contributed by atoms with Crippen molar-refractivity contribution in [1.29, 1.82) is 0 Å². The van der Waals surface area contributed by atoms with Crippen molar-refractivity contribution >= 4 is 5.91 Å². The Balaban J connectivity index is 1.94. The summed E-state index contributed by atoms with van der Waals surface area (Å²) in [5, 5.41) is 3.50. The van der Waals surface area contributed by atoms with Gasteiger partial charge < -0.3 is 14.8 Å². The summed E-state index contributed by atoms with van der Waals surface area (Å²) >= 11 is 0. The minimum absolute atomic E-state index is 0.0309. The maximum Gasteiger partial charge on any atom is 0.254 e. The number of aromatic nitrogens is 1. The van der Waals surface area contributed by atoms with Crippen LogP contribution in [0.4, 0.5) is 0 Å². The first-order valence-corrected chi connectivity index (χ1v) is 7.31. The van der Waals surface area contributed by atoms with Crippen molar-refractivity contribution in [1.82, 2.24) is 14.8 Å². The van der Waals surface area contributed by atoms with Crippen molar-refractivity contribution in [2.75, 3.05) is 19.6 Å². The molecule has 1 saturated heterocycles. The highest BCUT2D eigenvalue weighted by Gasteiger charge is 2.23. The van der Waals surface area contributed by atoms with Crippen molar-refractivity contribution in [3.05, 3.63) is 34.2 Å². The van der Waals surface area contributed by atoms with E-state index in [2.05, 4.69) is 12.2 Å². The first kappa shape index (κ1) is 14.8. The fourth-order valence-corrected chi connectivity index (χ4v) is 2.50. The number of nitrogens with zero attached hydrogens (tertiary/aromatic N) is 2. The number of rotatable bonds is 4. The van der Waals surface area contributed by atoms with Crippen LogP contribution < -0.4 is 10.9 Å². The lowest BCUT2D eigenvalue weighted by Crippen LogP contribution is -2.45. The van der Waals surface area contributed by atoms with Gasteiger partial charge in [-0.15, -0.1) is 0 Å². The van der Waals surface area contributed by atoms with Crippen molar-refractivity contribution in [3.63, 3.8) is 0 Å². The lowest BCUT2D eigenvalue weighted by Gasteiger charge is -2.32. The molecule has 1 aliphatic heterocycles. The standard InChI is InChI=1S/C15H23N3O2/c1-3-7-16-13-5-9-18(10-6-13)15(20)12-4-8-17(2)14(19)11-12/h4,8,11,13,16H,3,5-7,9-10H2,1-2H3. The topological polar surface area (TPSA) is 54.3 Å². The van der Waals surface area contributed by atoms with Gasteiger partial charge in [0.25, 0.3) is 11.5 Å². The first-order valence-electron chi connectivity index (χ1n) is 7.31. The average molecular weight is 277 g/mol. The number of likely N-dealkylation sites (tertiary alicyclic amines) is 1. The Morgan fingerprint density at radius 1 is 1.40 bits per heavy atom. The van der Waals surface area contributed by atoms with Crippen LogP contribution in [0.2, 0.25) is 0 Å². The zero-order chi connectivity index (χ0) is 14.5. The summed E-state index contributed by atoms with van der Waals surface area (Å²) in [6.07, 6.45) is 4.74. The lowest BCUT2D eigenvalue weighted by molar-refractivity contribution is 0.0705. The van der Waals surface area contributed by atoms with E-state index in [1.165, 1.54) is 10.6 Å². The number of aryl methyl sites for hydroxylation is 1. The Kier molecular flexibility index (Phi) is 4.95. The number of piperidine rings is 1. The molecule has 0 saturated carbocycles. The summed E-state index contributed by atoms with van der Waals surface area (Å²) in [6.45, 7) is 4.71. The quantitative estimate of drug-likeness (QED) is 0.893. The fraction of sp³-hybridized carbons (Fsp3) is 0.600. The summed E-state index contributed by atoms with van der Waals surface area (Å²) < 4.78 is 1.47. The summed E-state index contributed by atoms with van der Waals surface area (Å²) in [5.74, 6) is -0.0309. The molecule has 1 N–H and O–H groups in total. The van der Waals surface area contributed by atoms with E-state index in [9.17, 15) is 9.59 Å². The van der Waals surface area contributed by atoms with Gasteiger partial charge in [0.05, 0.1) is 0 Å². The van der Waals surface area contributed by atoms with Crippen LogP contribution in [0.1, 0.15) is 36.5 Å². The SMILES string of the molecule is CCCNC1CCN(C(=O)c2ccn(C)c(=O)c2)CC1. The van der Waals surface area contributed by atoms with Crippen LogP contribution in [0.3, 0.4) is 0 Å². The molecule has 0 radical (unpaired) electrons. The van der Waals surface area contributed by atoms with Gasteiger partial charge in [-0.2, -0.15) is 0 Å². The maximum absolute atomic E-state index is 12.3.